The van der Waals surface area contributed by atoms with Crippen LogP contribution in [0.2, 0.25) is 0 Å². The third-order valence-corrected chi connectivity index (χ3v) is 9.52. The Morgan fingerprint density at radius 1 is 1.17 bits per heavy atom. The Balaban J connectivity index is 1.30. The minimum Gasteiger partial charge on any atom is -0.496 e. The van der Waals surface area contributed by atoms with E-state index in [1.807, 2.05) is 0 Å². The van der Waals surface area contributed by atoms with Crippen molar-refractivity contribution in [3.63, 3.8) is 0 Å². The lowest BCUT2D eigenvalue weighted by atomic mass is 10.1. The van der Waals surface area contributed by atoms with Crippen molar-refractivity contribution in [3.05, 3.63) is 46.7 Å². The Morgan fingerprint density at radius 2 is 1.96 bits per heavy atom. The van der Waals surface area contributed by atoms with Crippen molar-refractivity contribution in [1.82, 2.24) is 24.8 Å². The van der Waals surface area contributed by atoms with Gasteiger partial charge in [0.15, 0.2) is 11.4 Å². The van der Waals surface area contributed by atoms with Crippen molar-refractivity contribution in [1.29, 1.82) is 0 Å². The van der Waals surface area contributed by atoms with Gasteiger partial charge in [0.2, 0.25) is 0 Å². The summed E-state index contributed by atoms with van der Waals surface area (Å²) < 4.78 is 46.6. The molecule has 0 radical (unpaired) electrons. The van der Waals surface area contributed by atoms with Crippen LogP contribution < -0.4 is 15.0 Å². The molecule has 1 unspecified atom stereocenters. The molecule has 2 aliphatic rings. The van der Waals surface area contributed by atoms with Gasteiger partial charge < -0.3 is 25.2 Å². The number of benzene rings is 1. The molecule has 0 aliphatic carbocycles. The summed E-state index contributed by atoms with van der Waals surface area (Å²) in [6, 6.07) is 4.35. The van der Waals surface area contributed by atoms with Crippen molar-refractivity contribution in [2.24, 2.45) is 0 Å². The Labute approximate surface area is 270 Å². The van der Waals surface area contributed by atoms with Gasteiger partial charge in [0.25, 0.3) is 0 Å². The number of alkyl halides is 3. The number of nitrogens with one attached hydrogen (secondary N) is 1. The molecule has 2 saturated heterocycles. The highest BCUT2D eigenvalue weighted by Gasteiger charge is 2.35. The molecule has 0 amide bonds. The highest BCUT2D eigenvalue weighted by molar-refractivity contribution is 7.16. The van der Waals surface area contributed by atoms with Crippen molar-refractivity contribution in [2.45, 2.75) is 64.0 Å². The number of carboxylic acid groups (broad SMARTS) is 1. The largest absolute Gasteiger partial charge is 0.496 e. The van der Waals surface area contributed by atoms with E-state index in [4.69, 9.17) is 9.84 Å². The first-order valence-corrected chi connectivity index (χ1v) is 16.3. The molecule has 0 spiro atoms. The quantitative estimate of drug-likeness (QED) is 0.212. The van der Waals surface area contributed by atoms with Crippen molar-refractivity contribution in [3.8, 4) is 17.0 Å². The monoisotopic (exact) mass is 663 g/mol. The van der Waals surface area contributed by atoms with Gasteiger partial charge in [0.05, 0.1) is 30.8 Å². The number of ether oxygens (including phenoxy) is 1. The number of hydrogen-bond acceptors (Lipinski definition) is 11. The summed E-state index contributed by atoms with van der Waals surface area (Å²) in [5.41, 5.74) is 0.158. The van der Waals surface area contributed by atoms with Crippen LogP contribution in [-0.2, 0) is 17.5 Å². The van der Waals surface area contributed by atoms with Gasteiger partial charge in [-0.15, -0.1) is 11.3 Å². The summed E-state index contributed by atoms with van der Waals surface area (Å²) in [4.78, 5) is 31.8. The van der Waals surface area contributed by atoms with E-state index >= 15 is 0 Å². The zero-order chi connectivity index (χ0) is 32.8. The van der Waals surface area contributed by atoms with E-state index in [0.717, 1.165) is 69.5 Å². The topological polar surface area (TPSA) is 127 Å². The number of hydrogen-bond donors (Lipinski definition) is 3. The van der Waals surface area contributed by atoms with Crippen LogP contribution in [0.25, 0.3) is 11.3 Å². The molecule has 2 atom stereocenters. The van der Waals surface area contributed by atoms with Gasteiger partial charge in [-0.3, -0.25) is 19.6 Å². The summed E-state index contributed by atoms with van der Waals surface area (Å²) in [7, 11) is 1.21. The average molecular weight is 664 g/mol. The molecule has 4 heterocycles. The Bertz CT molecular complexity index is 1470. The zero-order valence-corrected chi connectivity index (χ0v) is 26.8. The first-order chi connectivity index (χ1) is 22.0. The average Bonchev–Trinajstić information content (AvgIpc) is 3.67. The molecule has 5 rings (SSSR count). The number of aromatic nitrogens is 3. The molecule has 2 aliphatic heterocycles. The van der Waals surface area contributed by atoms with E-state index in [0.29, 0.717) is 41.2 Å². The zero-order valence-electron chi connectivity index (χ0n) is 26.0. The SMILES string of the molecule is CC[C@@H]1CCCN1Cc1sc(NC(O)c2cnc(N3CCN(CCCC(=O)O)CC3)cn2)nc1-c1ccc(OC)c(C(F)(F)F)c1. The highest BCUT2D eigenvalue weighted by Crippen LogP contribution is 2.41. The molecule has 2 aromatic heterocycles. The molecule has 0 saturated carbocycles. The fraction of sp³-hybridized carbons (Fsp3) is 0.548. The molecule has 3 N–H and O–H groups in total. The predicted molar refractivity (Wildman–Crippen MR) is 169 cm³/mol. The van der Waals surface area contributed by atoms with Gasteiger partial charge >= 0.3 is 12.1 Å². The summed E-state index contributed by atoms with van der Waals surface area (Å²) in [5.74, 6) is -0.367. The summed E-state index contributed by atoms with van der Waals surface area (Å²) >= 11 is 1.30. The van der Waals surface area contributed by atoms with Gasteiger partial charge in [0, 0.05) is 55.6 Å². The number of nitrogens with zero attached hydrogens (tertiary/aromatic N) is 6. The minimum absolute atomic E-state index is 0.158. The third-order valence-electron chi connectivity index (χ3n) is 8.55. The van der Waals surface area contributed by atoms with Crippen LogP contribution in [0.15, 0.2) is 30.6 Å². The van der Waals surface area contributed by atoms with Gasteiger partial charge in [-0.2, -0.15) is 13.2 Å². The van der Waals surface area contributed by atoms with E-state index < -0.39 is 23.9 Å². The number of rotatable bonds is 13. The first-order valence-electron chi connectivity index (χ1n) is 15.5. The Morgan fingerprint density at radius 3 is 2.61 bits per heavy atom. The predicted octanol–water partition coefficient (Wildman–Crippen LogP) is 5.09. The van der Waals surface area contributed by atoms with Crippen molar-refractivity contribution in [2.75, 3.05) is 56.6 Å². The number of aliphatic hydroxyl groups is 1. The molecule has 2 fully saturated rings. The van der Waals surface area contributed by atoms with Crippen LogP contribution in [0.5, 0.6) is 5.75 Å². The molecule has 46 heavy (non-hydrogen) atoms. The van der Waals surface area contributed by atoms with Gasteiger partial charge in [0.1, 0.15) is 17.3 Å². The number of anilines is 2. The lowest BCUT2D eigenvalue weighted by Crippen LogP contribution is -2.47. The second-order valence-corrected chi connectivity index (χ2v) is 12.6. The maximum Gasteiger partial charge on any atom is 0.419 e. The fourth-order valence-corrected chi connectivity index (χ4v) is 7.09. The number of thiazole rings is 1. The summed E-state index contributed by atoms with van der Waals surface area (Å²) in [6.45, 7) is 7.34. The van der Waals surface area contributed by atoms with E-state index in [-0.39, 0.29) is 17.9 Å². The third kappa shape index (κ3) is 8.24. The standard InChI is InChI=1S/C31H40F3N7O4S/c1-3-21-6-4-11-41(21)19-25-28(20-8-9-24(45-2)22(16-20)31(32,33)34)37-30(46-25)38-29(44)23-17-36-26(18-35-23)40-14-12-39(13-15-40)10-5-7-27(42)43/h8-9,16-18,21,29,44H,3-7,10-15,19H2,1-2H3,(H,37,38)(H,42,43)/t21-,29?/m1/s1. The van der Waals surface area contributed by atoms with Crippen LogP contribution in [0, 0.1) is 0 Å². The van der Waals surface area contributed by atoms with Crippen LogP contribution in [-0.4, -0.2) is 93.4 Å². The van der Waals surface area contributed by atoms with E-state index in [1.54, 1.807) is 12.3 Å². The number of aliphatic hydroxyl groups excluding tert-OH is 1. The second kappa shape index (κ2) is 14.9. The molecule has 15 heteroatoms. The summed E-state index contributed by atoms with van der Waals surface area (Å²) in [6.07, 6.45) is 1.16. The molecule has 250 valence electrons. The van der Waals surface area contributed by atoms with Crippen molar-refractivity contribution >= 4 is 28.3 Å². The maximum atomic E-state index is 13.9. The maximum absolute atomic E-state index is 13.9. The number of carboxylic acids is 1. The van der Waals surface area contributed by atoms with Crippen molar-refractivity contribution < 1.29 is 32.9 Å². The number of likely N-dealkylation sites (tertiary alicyclic amines) is 1. The Hall–Kier alpha value is -3.53. The smallest absolute Gasteiger partial charge is 0.419 e. The molecule has 11 nitrogen and oxygen atoms in total. The highest BCUT2D eigenvalue weighted by atomic mass is 32.1. The summed E-state index contributed by atoms with van der Waals surface area (Å²) in [5, 5.41) is 23.2. The minimum atomic E-state index is -4.60. The lowest BCUT2D eigenvalue weighted by Gasteiger charge is -2.35. The van der Waals surface area contributed by atoms with Gasteiger partial charge in [-0.1, -0.05) is 6.92 Å². The number of halogens is 3. The molecule has 0 bridgehead atoms. The molecule has 1 aromatic carbocycles. The van der Waals surface area contributed by atoms with Gasteiger partial charge in [-0.25, -0.2) is 9.97 Å². The molecule has 3 aromatic rings. The van der Waals surface area contributed by atoms with E-state index in [9.17, 15) is 23.1 Å². The van der Waals surface area contributed by atoms with Crippen LogP contribution in [0.4, 0.5) is 24.1 Å². The lowest BCUT2D eigenvalue weighted by molar-refractivity contribution is -0.139. The van der Waals surface area contributed by atoms with Crippen LogP contribution in [0.3, 0.4) is 0 Å². The first kappa shape index (κ1) is 33.8. The van der Waals surface area contributed by atoms with Crippen LogP contribution >= 0.6 is 11.3 Å². The fourth-order valence-electron chi connectivity index (χ4n) is 6.05. The van der Waals surface area contributed by atoms with E-state index in [2.05, 4.69) is 41.9 Å². The van der Waals surface area contributed by atoms with Gasteiger partial charge in [-0.05, 0) is 57.0 Å². The second-order valence-electron chi connectivity index (χ2n) is 11.6. The van der Waals surface area contributed by atoms with Crippen LogP contribution in [0.1, 0.15) is 61.4 Å². The number of methoxy groups -OCH3 is 1. The molecular weight excluding hydrogens is 623 g/mol. The molecular formula is C31H40F3N7O4S. The normalized spacial score (nSPS) is 18.6. The Kier molecular flexibility index (Phi) is 11.0. The van der Waals surface area contributed by atoms with E-state index in [1.165, 1.54) is 30.7 Å². The number of aliphatic carboxylic acids is 1. The number of carbonyl (C=O) groups is 1. The number of piperazine rings is 1.